The molecule has 1 N–H and O–H groups in total. The maximum atomic E-state index is 13.6. The van der Waals surface area contributed by atoms with Gasteiger partial charge in [0.15, 0.2) is 0 Å². The van der Waals surface area contributed by atoms with Gasteiger partial charge >= 0.3 is 5.97 Å². The standard InChI is InChI=1S/C25H23NO6/c1-4-31-18-11-6-14(3)17-13-19(32-5-2)22-23(21(17)18)25(30)26(24(22)29)16-9-7-15(8-10-16)12-20(27)28/h6-11,13H,4-5,12H2,1-3H3,(H,27,28). The quantitative estimate of drug-likeness (QED) is 0.556. The molecule has 0 atom stereocenters. The normalized spacial score (nSPS) is 12.9. The first-order chi connectivity index (χ1) is 15.4. The molecule has 0 bridgehead atoms. The van der Waals surface area contributed by atoms with Gasteiger partial charge in [-0.05, 0) is 61.5 Å². The van der Waals surface area contributed by atoms with Crippen molar-refractivity contribution in [2.75, 3.05) is 18.1 Å². The van der Waals surface area contributed by atoms with E-state index in [9.17, 15) is 14.4 Å². The second kappa shape index (κ2) is 8.34. The minimum absolute atomic E-state index is 0.140. The van der Waals surface area contributed by atoms with Crippen molar-refractivity contribution in [1.82, 2.24) is 0 Å². The Morgan fingerprint density at radius 2 is 1.53 bits per heavy atom. The van der Waals surface area contributed by atoms with E-state index in [1.807, 2.05) is 32.9 Å². The molecule has 1 aliphatic heterocycles. The van der Waals surface area contributed by atoms with Crippen molar-refractivity contribution in [3.05, 3.63) is 64.7 Å². The first-order valence-electron chi connectivity index (χ1n) is 10.4. The number of aryl methyl sites for hydroxylation is 1. The van der Waals surface area contributed by atoms with Crippen molar-refractivity contribution in [3.63, 3.8) is 0 Å². The van der Waals surface area contributed by atoms with E-state index in [2.05, 4.69) is 0 Å². The Morgan fingerprint density at radius 3 is 2.16 bits per heavy atom. The van der Waals surface area contributed by atoms with E-state index in [0.29, 0.717) is 41.3 Å². The van der Waals surface area contributed by atoms with Gasteiger partial charge in [0, 0.05) is 5.39 Å². The minimum atomic E-state index is -0.954. The fourth-order valence-corrected chi connectivity index (χ4v) is 4.06. The van der Waals surface area contributed by atoms with Crippen LogP contribution in [0.1, 0.15) is 45.7 Å². The minimum Gasteiger partial charge on any atom is -0.493 e. The number of benzene rings is 3. The Labute approximate surface area is 185 Å². The Hall–Kier alpha value is -3.87. The van der Waals surface area contributed by atoms with Crippen LogP contribution in [0.5, 0.6) is 11.5 Å². The van der Waals surface area contributed by atoms with E-state index in [1.54, 1.807) is 30.3 Å². The predicted octanol–water partition coefficient (Wildman–Crippen LogP) is 4.37. The smallest absolute Gasteiger partial charge is 0.307 e. The van der Waals surface area contributed by atoms with Crippen molar-refractivity contribution in [3.8, 4) is 11.5 Å². The third kappa shape index (κ3) is 3.45. The lowest BCUT2D eigenvalue weighted by Gasteiger charge is -2.15. The third-order valence-corrected chi connectivity index (χ3v) is 5.43. The van der Waals surface area contributed by atoms with Gasteiger partial charge in [-0.15, -0.1) is 0 Å². The molecule has 0 saturated carbocycles. The second-order valence-corrected chi connectivity index (χ2v) is 7.48. The van der Waals surface area contributed by atoms with Crippen molar-refractivity contribution >= 4 is 34.2 Å². The molecule has 2 amide bonds. The van der Waals surface area contributed by atoms with E-state index in [1.165, 1.54) is 0 Å². The molecule has 32 heavy (non-hydrogen) atoms. The summed E-state index contributed by atoms with van der Waals surface area (Å²) in [5, 5.41) is 10.4. The summed E-state index contributed by atoms with van der Waals surface area (Å²) in [7, 11) is 0. The van der Waals surface area contributed by atoms with Crippen LogP contribution in [0.3, 0.4) is 0 Å². The molecule has 0 unspecified atom stereocenters. The van der Waals surface area contributed by atoms with Gasteiger partial charge in [-0.25, -0.2) is 4.90 Å². The number of imide groups is 1. The number of aliphatic carboxylic acids is 1. The van der Waals surface area contributed by atoms with Crippen LogP contribution in [0, 0.1) is 6.92 Å². The summed E-state index contributed by atoms with van der Waals surface area (Å²) in [6.45, 7) is 6.36. The lowest BCUT2D eigenvalue weighted by Crippen LogP contribution is -2.29. The maximum absolute atomic E-state index is 13.6. The SMILES string of the molecule is CCOc1cc2c(C)ccc(OCC)c2c2c1C(=O)N(c1ccc(CC(=O)O)cc1)C2=O. The van der Waals surface area contributed by atoms with Crippen LogP contribution in [0.25, 0.3) is 10.8 Å². The first-order valence-corrected chi connectivity index (χ1v) is 10.4. The van der Waals surface area contributed by atoms with Crippen LogP contribution in [-0.4, -0.2) is 36.1 Å². The van der Waals surface area contributed by atoms with E-state index in [0.717, 1.165) is 15.8 Å². The molecular formula is C25H23NO6. The zero-order valence-corrected chi connectivity index (χ0v) is 18.1. The number of fused-ring (bicyclic) bond motifs is 3. The highest BCUT2D eigenvalue weighted by Gasteiger charge is 2.42. The summed E-state index contributed by atoms with van der Waals surface area (Å²) in [5.41, 5.74) is 2.35. The van der Waals surface area contributed by atoms with Gasteiger partial charge in [-0.3, -0.25) is 14.4 Å². The molecule has 1 heterocycles. The molecule has 0 aliphatic carbocycles. The van der Waals surface area contributed by atoms with Crippen molar-refractivity contribution < 1.29 is 29.0 Å². The molecule has 7 nitrogen and oxygen atoms in total. The molecule has 0 radical (unpaired) electrons. The Balaban J connectivity index is 1.92. The molecule has 164 valence electrons. The zero-order valence-electron chi connectivity index (χ0n) is 18.1. The van der Waals surface area contributed by atoms with Crippen LogP contribution in [0.15, 0.2) is 42.5 Å². The summed E-state index contributed by atoms with van der Waals surface area (Å²) in [6.07, 6.45) is -0.140. The number of nitrogens with zero attached hydrogens (tertiary/aromatic N) is 1. The average Bonchev–Trinajstić information content (AvgIpc) is 3.02. The summed E-state index contributed by atoms with van der Waals surface area (Å²) in [5.74, 6) is -1.01. The number of hydrogen-bond donors (Lipinski definition) is 1. The third-order valence-electron chi connectivity index (χ3n) is 5.43. The Kier molecular flexibility index (Phi) is 5.57. The lowest BCUT2D eigenvalue weighted by atomic mass is 9.95. The molecule has 0 spiro atoms. The number of carboxylic acid groups (broad SMARTS) is 1. The van der Waals surface area contributed by atoms with Gasteiger partial charge in [-0.2, -0.15) is 0 Å². The van der Waals surface area contributed by atoms with Crippen LogP contribution < -0.4 is 14.4 Å². The summed E-state index contributed by atoms with van der Waals surface area (Å²) < 4.78 is 11.6. The largest absolute Gasteiger partial charge is 0.493 e. The van der Waals surface area contributed by atoms with Crippen molar-refractivity contribution in [2.24, 2.45) is 0 Å². The molecular weight excluding hydrogens is 410 g/mol. The monoisotopic (exact) mass is 433 g/mol. The fraction of sp³-hybridized carbons (Fsp3) is 0.240. The number of carbonyl (C=O) groups excluding carboxylic acids is 2. The van der Waals surface area contributed by atoms with Crippen LogP contribution in [0.2, 0.25) is 0 Å². The highest BCUT2D eigenvalue weighted by atomic mass is 16.5. The summed E-state index contributed by atoms with van der Waals surface area (Å²) >= 11 is 0. The molecule has 3 aromatic carbocycles. The van der Waals surface area contributed by atoms with Crippen molar-refractivity contribution in [2.45, 2.75) is 27.2 Å². The van der Waals surface area contributed by atoms with E-state index >= 15 is 0 Å². The molecule has 7 heteroatoms. The van der Waals surface area contributed by atoms with E-state index in [-0.39, 0.29) is 17.5 Å². The van der Waals surface area contributed by atoms with Gasteiger partial charge in [0.05, 0.1) is 36.4 Å². The van der Waals surface area contributed by atoms with Crippen LogP contribution >= 0.6 is 0 Å². The van der Waals surface area contributed by atoms with Gasteiger partial charge in [0.2, 0.25) is 0 Å². The molecule has 1 aliphatic rings. The molecule has 0 saturated heterocycles. The number of hydrogen-bond acceptors (Lipinski definition) is 5. The average molecular weight is 433 g/mol. The van der Waals surface area contributed by atoms with Gasteiger partial charge in [-0.1, -0.05) is 18.2 Å². The molecule has 0 aromatic heterocycles. The number of anilines is 1. The Bertz CT molecular complexity index is 1250. The first kappa shape index (κ1) is 21.4. The van der Waals surface area contributed by atoms with Crippen LogP contribution in [0.4, 0.5) is 5.69 Å². The van der Waals surface area contributed by atoms with Crippen molar-refractivity contribution in [1.29, 1.82) is 0 Å². The highest BCUT2D eigenvalue weighted by Crippen LogP contribution is 2.43. The predicted molar refractivity (Wildman–Crippen MR) is 120 cm³/mol. The number of rotatable bonds is 7. The van der Waals surface area contributed by atoms with Gasteiger partial charge in [0.25, 0.3) is 11.8 Å². The Morgan fingerprint density at radius 1 is 0.906 bits per heavy atom. The zero-order chi connectivity index (χ0) is 23.0. The fourth-order valence-electron chi connectivity index (χ4n) is 4.06. The van der Waals surface area contributed by atoms with Crippen LogP contribution in [-0.2, 0) is 11.2 Å². The molecule has 4 rings (SSSR count). The second-order valence-electron chi connectivity index (χ2n) is 7.48. The molecule has 3 aromatic rings. The number of carbonyl (C=O) groups is 3. The van der Waals surface area contributed by atoms with Gasteiger partial charge in [0.1, 0.15) is 11.5 Å². The lowest BCUT2D eigenvalue weighted by molar-refractivity contribution is -0.136. The number of amides is 2. The summed E-state index contributed by atoms with van der Waals surface area (Å²) in [4.78, 5) is 39.1. The number of ether oxygens (including phenoxy) is 2. The summed E-state index contributed by atoms with van der Waals surface area (Å²) in [6, 6.07) is 11.9. The topological polar surface area (TPSA) is 93.1 Å². The molecule has 0 fully saturated rings. The highest BCUT2D eigenvalue weighted by molar-refractivity contribution is 6.39. The maximum Gasteiger partial charge on any atom is 0.307 e. The van der Waals surface area contributed by atoms with Gasteiger partial charge < -0.3 is 14.6 Å². The van der Waals surface area contributed by atoms with E-state index in [4.69, 9.17) is 14.6 Å². The van der Waals surface area contributed by atoms with E-state index < -0.39 is 17.8 Å². The number of carboxylic acids is 1.